The Balaban J connectivity index is 2.31. The maximum Gasteiger partial charge on any atom is 0.128 e. The Morgan fingerprint density at radius 1 is 1.30 bits per heavy atom. The van der Waals surface area contributed by atoms with Crippen molar-refractivity contribution in [1.82, 2.24) is 15.1 Å². The van der Waals surface area contributed by atoms with E-state index < -0.39 is 0 Å². The van der Waals surface area contributed by atoms with Crippen LogP contribution in [0.5, 0.6) is 0 Å². The van der Waals surface area contributed by atoms with E-state index in [9.17, 15) is 4.39 Å². The molecule has 0 radical (unpaired) electrons. The predicted molar refractivity (Wildman–Crippen MR) is 79.3 cm³/mol. The van der Waals surface area contributed by atoms with Gasteiger partial charge in [-0.1, -0.05) is 25.1 Å². The first-order valence-corrected chi connectivity index (χ1v) is 7.05. The third kappa shape index (κ3) is 2.90. The van der Waals surface area contributed by atoms with Crippen LogP contribution in [0, 0.1) is 19.7 Å². The molecule has 0 aliphatic carbocycles. The topological polar surface area (TPSA) is 29.9 Å². The van der Waals surface area contributed by atoms with Crippen LogP contribution in [-0.4, -0.2) is 16.3 Å². The Hall–Kier alpha value is -1.68. The molecule has 4 heteroatoms. The third-order valence-electron chi connectivity index (χ3n) is 3.66. The Bertz CT molecular complexity index is 589. The van der Waals surface area contributed by atoms with Gasteiger partial charge in [-0.15, -0.1) is 0 Å². The zero-order valence-electron chi connectivity index (χ0n) is 12.6. The lowest BCUT2D eigenvalue weighted by Crippen LogP contribution is -2.19. The summed E-state index contributed by atoms with van der Waals surface area (Å²) in [6.07, 6.45) is 0. The quantitative estimate of drug-likeness (QED) is 0.907. The molecule has 0 saturated heterocycles. The van der Waals surface area contributed by atoms with Gasteiger partial charge in [-0.05, 0) is 33.4 Å². The summed E-state index contributed by atoms with van der Waals surface area (Å²) in [5.41, 5.74) is 3.98. The van der Waals surface area contributed by atoms with Crippen molar-refractivity contribution in [2.24, 2.45) is 0 Å². The van der Waals surface area contributed by atoms with Gasteiger partial charge in [0.2, 0.25) is 0 Å². The minimum Gasteiger partial charge on any atom is -0.310 e. The molecule has 1 heterocycles. The van der Waals surface area contributed by atoms with Crippen molar-refractivity contribution in [1.29, 1.82) is 0 Å². The van der Waals surface area contributed by atoms with E-state index in [0.717, 1.165) is 17.9 Å². The molecule has 3 nitrogen and oxygen atoms in total. The maximum absolute atomic E-state index is 13.7. The molecule has 0 aliphatic heterocycles. The minimum absolute atomic E-state index is 0.179. The lowest BCUT2D eigenvalue weighted by Gasteiger charge is -2.13. The van der Waals surface area contributed by atoms with Gasteiger partial charge in [0, 0.05) is 22.9 Å². The summed E-state index contributed by atoms with van der Waals surface area (Å²) in [6.45, 7) is 9.66. The van der Waals surface area contributed by atoms with Crippen LogP contribution in [0.15, 0.2) is 24.3 Å². The second kappa shape index (κ2) is 6.18. The monoisotopic (exact) mass is 275 g/mol. The van der Waals surface area contributed by atoms with Gasteiger partial charge in [0.15, 0.2) is 0 Å². The first-order chi connectivity index (χ1) is 9.54. The molecule has 0 amide bonds. The molecule has 0 aliphatic rings. The Morgan fingerprint density at radius 3 is 2.65 bits per heavy atom. The first kappa shape index (κ1) is 14.7. The van der Waals surface area contributed by atoms with Gasteiger partial charge in [-0.2, -0.15) is 5.10 Å². The molecule has 1 atom stereocenters. The normalized spacial score (nSPS) is 12.7. The predicted octanol–water partition coefficient (Wildman–Crippen LogP) is 3.36. The van der Waals surface area contributed by atoms with E-state index in [1.807, 2.05) is 24.6 Å². The largest absolute Gasteiger partial charge is 0.310 e. The average molecular weight is 275 g/mol. The highest BCUT2D eigenvalue weighted by molar-refractivity contribution is 5.29. The van der Waals surface area contributed by atoms with Crippen LogP contribution in [-0.2, 0) is 6.54 Å². The lowest BCUT2D eigenvalue weighted by molar-refractivity contribution is 0.573. The van der Waals surface area contributed by atoms with Gasteiger partial charge < -0.3 is 5.32 Å². The van der Waals surface area contributed by atoms with Crippen molar-refractivity contribution in [2.45, 2.75) is 40.3 Å². The fourth-order valence-electron chi connectivity index (χ4n) is 2.69. The fourth-order valence-corrected chi connectivity index (χ4v) is 2.69. The SMILES string of the molecule is CCNC(C)c1c(C)nn(Cc2ccccc2F)c1C. The standard InChI is InChI=1S/C16H22FN3/c1-5-18-11(2)16-12(3)19-20(13(16)4)10-14-8-6-7-9-15(14)17/h6-9,11,18H,5,10H2,1-4H3. The van der Waals surface area contributed by atoms with Crippen LogP contribution < -0.4 is 5.32 Å². The molecule has 0 bridgehead atoms. The summed E-state index contributed by atoms with van der Waals surface area (Å²) >= 11 is 0. The second-order valence-electron chi connectivity index (χ2n) is 5.11. The van der Waals surface area contributed by atoms with Crippen LogP contribution in [0.2, 0.25) is 0 Å². The molecule has 1 N–H and O–H groups in total. The van der Waals surface area contributed by atoms with Gasteiger partial charge >= 0.3 is 0 Å². The van der Waals surface area contributed by atoms with Gasteiger partial charge in [0.25, 0.3) is 0 Å². The number of rotatable bonds is 5. The highest BCUT2D eigenvalue weighted by Crippen LogP contribution is 2.22. The summed E-state index contributed by atoms with van der Waals surface area (Å²) in [5, 5.41) is 7.96. The van der Waals surface area contributed by atoms with E-state index >= 15 is 0 Å². The van der Waals surface area contributed by atoms with Gasteiger partial charge in [-0.25, -0.2) is 4.39 Å². The maximum atomic E-state index is 13.7. The number of benzene rings is 1. The third-order valence-corrected chi connectivity index (χ3v) is 3.66. The number of nitrogens with one attached hydrogen (secondary N) is 1. The van der Waals surface area contributed by atoms with Crippen molar-refractivity contribution in [3.63, 3.8) is 0 Å². The van der Waals surface area contributed by atoms with Gasteiger partial charge in [-0.3, -0.25) is 4.68 Å². The number of aryl methyl sites for hydroxylation is 1. The second-order valence-corrected chi connectivity index (χ2v) is 5.11. The highest BCUT2D eigenvalue weighted by Gasteiger charge is 2.17. The molecular formula is C16H22FN3. The number of aromatic nitrogens is 2. The minimum atomic E-state index is -0.179. The summed E-state index contributed by atoms with van der Waals surface area (Å²) < 4.78 is 15.6. The number of halogens is 1. The summed E-state index contributed by atoms with van der Waals surface area (Å²) in [7, 11) is 0. The number of hydrogen-bond acceptors (Lipinski definition) is 2. The Morgan fingerprint density at radius 2 is 2.00 bits per heavy atom. The molecule has 2 aromatic rings. The van der Waals surface area contributed by atoms with Crippen LogP contribution >= 0.6 is 0 Å². The van der Waals surface area contributed by atoms with Crippen LogP contribution in [0.3, 0.4) is 0 Å². The summed E-state index contributed by atoms with van der Waals surface area (Å²) in [4.78, 5) is 0. The van der Waals surface area contributed by atoms with Crippen molar-refractivity contribution in [3.05, 3.63) is 52.6 Å². The smallest absolute Gasteiger partial charge is 0.128 e. The molecular weight excluding hydrogens is 253 g/mol. The molecule has 20 heavy (non-hydrogen) atoms. The molecule has 1 aromatic carbocycles. The molecule has 1 aromatic heterocycles. The van der Waals surface area contributed by atoms with Gasteiger partial charge in [0.05, 0.1) is 12.2 Å². The van der Waals surface area contributed by atoms with Crippen LogP contribution in [0.25, 0.3) is 0 Å². The number of nitrogens with zero attached hydrogens (tertiary/aromatic N) is 2. The molecule has 2 rings (SSSR count). The average Bonchev–Trinajstić information content (AvgIpc) is 2.67. The van der Waals surface area contributed by atoms with Crippen LogP contribution in [0.4, 0.5) is 4.39 Å². The summed E-state index contributed by atoms with van der Waals surface area (Å²) in [5.74, 6) is -0.179. The van der Waals surface area contributed by atoms with E-state index in [1.54, 1.807) is 12.1 Å². The molecule has 0 saturated carbocycles. The van der Waals surface area contributed by atoms with E-state index in [1.165, 1.54) is 11.6 Å². The van der Waals surface area contributed by atoms with Crippen molar-refractivity contribution in [3.8, 4) is 0 Å². The van der Waals surface area contributed by atoms with E-state index in [-0.39, 0.29) is 11.9 Å². The molecule has 108 valence electrons. The fraction of sp³-hybridized carbons (Fsp3) is 0.438. The molecule has 1 unspecified atom stereocenters. The zero-order valence-corrected chi connectivity index (χ0v) is 12.6. The van der Waals surface area contributed by atoms with Crippen molar-refractivity contribution < 1.29 is 4.39 Å². The molecule has 0 spiro atoms. The highest BCUT2D eigenvalue weighted by atomic mass is 19.1. The van der Waals surface area contributed by atoms with Crippen molar-refractivity contribution >= 4 is 0 Å². The zero-order chi connectivity index (χ0) is 14.7. The van der Waals surface area contributed by atoms with Gasteiger partial charge in [0.1, 0.15) is 5.82 Å². The van der Waals surface area contributed by atoms with Crippen molar-refractivity contribution in [2.75, 3.05) is 6.54 Å². The summed E-state index contributed by atoms with van der Waals surface area (Å²) in [6, 6.07) is 7.11. The van der Waals surface area contributed by atoms with E-state index in [2.05, 4.69) is 24.3 Å². The first-order valence-electron chi connectivity index (χ1n) is 7.05. The number of hydrogen-bond donors (Lipinski definition) is 1. The Kier molecular flexibility index (Phi) is 4.55. The van der Waals surface area contributed by atoms with Crippen LogP contribution in [0.1, 0.15) is 42.4 Å². The van der Waals surface area contributed by atoms with E-state index in [0.29, 0.717) is 12.1 Å². The van der Waals surface area contributed by atoms with E-state index in [4.69, 9.17) is 0 Å². The molecule has 0 fully saturated rings. The Labute approximate surface area is 119 Å². The lowest BCUT2D eigenvalue weighted by atomic mass is 10.1.